The summed E-state index contributed by atoms with van der Waals surface area (Å²) in [5, 5.41) is 11.7. The topological polar surface area (TPSA) is 75.3 Å². The van der Waals surface area contributed by atoms with Crippen LogP contribution in [0, 0.1) is 0 Å². The van der Waals surface area contributed by atoms with E-state index in [1.54, 1.807) is 0 Å². The molecule has 0 radical (unpaired) electrons. The van der Waals surface area contributed by atoms with Crippen molar-refractivity contribution in [2.45, 2.75) is 51.6 Å². The van der Waals surface area contributed by atoms with Gasteiger partial charge < -0.3 is 16.2 Å². The van der Waals surface area contributed by atoms with Crippen molar-refractivity contribution in [2.24, 2.45) is 5.73 Å². The smallest absolute Gasteiger partial charge is 0.240 e. The molecule has 0 unspecified atom stereocenters. The molecule has 4 nitrogen and oxygen atoms in total. The Bertz CT molecular complexity index is 175. The van der Waals surface area contributed by atoms with E-state index in [0.29, 0.717) is 19.3 Å². The molecule has 0 saturated carbocycles. The average molecular weight is 202 g/mol. The Morgan fingerprint density at radius 1 is 1.43 bits per heavy atom. The number of hydrogen-bond donors (Lipinski definition) is 3. The van der Waals surface area contributed by atoms with Gasteiger partial charge in [-0.05, 0) is 19.3 Å². The number of nitrogens with two attached hydrogens (primary N) is 1. The van der Waals surface area contributed by atoms with Gasteiger partial charge in [-0.3, -0.25) is 4.79 Å². The summed E-state index contributed by atoms with van der Waals surface area (Å²) in [6.45, 7) is 5.66. The van der Waals surface area contributed by atoms with Gasteiger partial charge in [0.1, 0.15) is 0 Å². The quantitative estimate of drug-likeness (QED) is 0.583. The molecule has 1 amide bonds. The molecule has 0 fully saturated rings. The Morgan fingerprint density at radius 2 is 1.93 bits per heavy atom. The van der Waals surface area contributed by atoms with E-state index >= 15 is 0 Å². The summed E-state index contributed by atoms with van der Waals surface area (Å²) in [5.74, 6) is -0.164. The van der Waals surface area contributed by atoms with Crippen LogP contribution in [0.3, 0.4) is 0 Å². The Hall–Kier alpha value is -0.610. The van der Waals surface area contributed by atoms with Gasteiger partial charge in [0.2, 0.25) is 5.91 Å². The zero-order valence-corrected chi connectivity index (χ0v) is 9.34. The van der Waals surface area contributed by atoms with E-state index in [-0.39, 0.29) is 18.6 Å². The van der Waals surface area contributed by atoms with Crippen LogP contribution in [0.4, 0.5) is 0 Å². The first-order valence-electron chi connectivity index (χ1n) is 5.24. The number of carbonyl (C=O) groups is 1. The summed E-state index contributed by atoms with van der Waals surface area (Å²) in [6, 6.07) is -0.177. The highest BCUT2D eigenvalue weighted by atomic mass is 16.3. The lowest BCUT2D eigenvalue weighted by atomic mass is 9.93. The molecule has 0 bridgehead atoms. The number of aliphatic hydroxyl groups excluding tert-OH is 1. The van der Waals surface area contributed by atoms with Crippen LogP contribution < -0.4 is 11.1 Å². The standard InChI is InChI=1S/C10H22N2O2/c1-4-8(7-13)12-9(14)10(11,5-2)6-3/h8,13H,4-7,11H2,1-3H3,(H,12,14)/t8-/m1/s1. The van der Waals surface area contributed by atoms with Crippen LogP contribution in [0.2, 0.25) is 0 Å². The lowest BCUT2D eigenvalue weighted by Gasteiger charge is -2.27. The second-order valence-electron chi connectivity index (χ2n) is 3.62. The fraction of sp³-hybridized carbons (Fsp3) is 0.900. The van der Waals surface area contributed by atoms with Crippen LogP contribution >= 0.6 is 0 Å². The third-order valence-corrected chi connectivity index (χ3v) is 2.76. The number of amides is 1. The van der Waals surface area contributed by atoms with Crippen molar-refractivity contribution in [1.29, 1.82) is 0 Å². The number of rotatable bonds is 6. The van der Waals surface area contributed by atoms with E-state index in [1.165, 1.54) is 0 Å². The summed E-state index contributed by atoms with van der Waals surface area (Å²) >= 11 is 0. The van der Waals surface area contributed by atoms with Crippen LogP contribution in [-0.2, 0) is 4.79 Å². The average Bonchev–Trinajstić information content (AvgIpc) is 2.24. The summed E-state index contributed by atoms with van der Waals surface area (Å²) in [4.78, 5) is 11.7. The molecule has 84 valence electrons. The summed E-state index contributed by atoms with van der Waals surface area (Å²) in [5.41, 5.74) is 5.12. The minimum absolute atomic E-state index is 0.0360. The molecule has 1 atom stereocenters. The van der Waals surface area contributed by atoms with Gasteiger partial charge in [-0.25, -0.2) is 0 Å². The molecular formula is C10H22N2O2. The van der Waals surface area contributed by atoms with Gasteiger partial charge in [-0.15, -0.1) is 0 Å². The number of aliphatic hydroxyl groups is 1. The maximum Gasteiger partial charge on any atom is 0.240 e. The van der Waals surface area contributed by atoms with E-state index in [0.717, 1.165) is 0 Å². The van der Waals surface area contributed by atoms with Crippen molar-refractivity contribution in [2.75, 3.05) is 6.61 Å². The van der Waals surface area contributed by atoms with Crippen molar-refractivity contribution >= 4 is 5.91 Å². The van der Waals surface area contributed by atoms with Gasteiger partial charge in [0.15, 0.2) is 0 Å². The van der Waals surface area contributed by atoms with Crippen LogP contribution in [0.25, 0.3) is 0 Å². The predicted molar refractivity (Wildman–Crippen MR) is 56.8 cm³/mol. The lowest BCUT2D eigenvalue weighted by Crippen LogP contribution is -2.56. The highest BCUT2D eigenvalue weighted by Gasteiger charge is 2.30. The van der Waals surface area contributed by atoms with Gasteiger partial charge in [0.05, 0.1) is 18.2 Å². The first-order chi connectivity index (χ1) is 6.53. The van der Waals surface area contributed by atoms with E-state index in [1.807, 2.05) is 20.8 Å². The summed E-state index contributed by atoms with van der Waals surface area (Å²) in [6.07, 6.45) is 1.93. The second kappa shape index (κ2) is 5.98. The van der Waals surface area contributed by atoms with E-state index < -0.39 is 5.54 Å². The first-order valence-corrected chi connectivity index (χ1v) is 5.24. The molecule has 4 heteroatoms. The minimum atomic E-state index is -0.789. The normalized spacial score (nSPS) is 13.8. The van der Waals surface area contributed by atoms with Crippen molar-refractivity contribution < 1.29 is 9.90 Å². The molecule has 0 aliphatic heterocycles. The Balaban J connectivity index is 4.30. The molecule has 4 N–H and O–H groups in total. The minimum Gasteiger partial charge on any atom is -0.394 e. The third kappa shape index (κ3) is 3.27. The highest BCUT2D eigenvalue weighted by molar-refractivity contribution is 5.86. The van der Waals surface area contributed by atoms with E-state index in [2.05, 4.69) is 5.32 Å². The van der Waals surface area contributed by atoms with Crippen LogP contribution in [0.5, 0.6) is 0 Å². The van der Waals surface area contributed by atoms with Crippen molar-refractivity contribution in [3.8, 4) is 0 Å². The summed E-state index contributed by atoms with van der Waals surface area (Å²) in [7, 11) is 0. The molecule has 0 heterocycles. The largest absolute Gasteiger partial charge is 0.394 e. The van der Waals surface area contributed by atoms with Gasteiger partial charge in [0, 0.05) is 0 Å². The van der Waals surface area contributed by atoms with Gasteiger partial charge >= 0.3 is 0 Å². The van der Waals surface area contributed by atoms with Crippen LogP contribution in [0.1, 0.15) is 40.0 Å². The van der Waals surface area contributed by atoms with Crippen molar-refractivity contribution in [3.05, 3.63) is 0 Å². The van der Waals surface area contributed by atoms with E-state index in [9.17, 15) is 4.79 Å². The van der Waals surface area contributed by atoms with Gasteiger partial charge in [0.25, 0.3) is 0 Å². The summed E-state index contributed by atoms with van der Waals surface area (Å²) < 4.78 is 0. The van der Waals surface area contributed by atoms with Crippen molar-refractivity contribution in [1.82, 2.24) is 5.32 Å². The van der Waals surface area contributed by atoms with Crippen LogP contribution in [0.15, 0.2) is 0 Å². The molecule has 0 aliphatic carbocycles. The fourth-order valence-corrected chi connectivity index (χ4v) is 1.18. The molecule has 0 aliphatic rings. The molecule has 0 aromatic carbocycles. The SMILES string of the molecule is CC[C@H](CO)NC(=O)C(N)(CC)CC. The number of carbonyl (C=O) groups excluding carboxylic acids is 1. The van der Waals surface area contributed by atoms with Gasteiger partial charge in [-0.1, -0.05) is 20.8 Å². The fourth-order valence-electron chi connectivity index (χ4n) is 1.18. The zero-order valence-electron chi connectivity index (χ0n) is 9.34. The molecule has 14 heavy (non-hydrogen) atoms. The maximum absolute atomic E-state index is 11.7. The maximum atomic E-state index is 11.7. The van der Waals surface area contributed by atoms with Crippen molar-refractivity contribution in [3.63, 3.8) is 0 Å². The lowest BCUT2D eigenvalue weighted by molar-refractivity contribution is -0.127. The molecule has 0 spiro atoms. The third-order valence-electron chi connectivity index (χ3n) is 2.76. The Morgan fingerprint density at radius 3 is 2.21 bits per heavy atom. The van der Waals surface area contributed by atoms with Crippen LogP contribution in [-0.4, -0.2) is 29.2 Å². The second-order valence-corrected chi connectivity index (χ2v) is 3.62. The number of hydrogen-bond acceptors (Lipinski definition) is 3. The Kier molecular flexibility index (Phi) is 5.72. The van der Waals surface area contributed by atoms with E-state index in [4.69, 9.17) is 10.8 Å². The molecule has 0 aromatic rings. The zero-order chi connectivity index (χ0) is 11.2. The predicted octanol–water partition coefficient (Wildman–Crippen LogP) is 0.391. The molecule has 0 saturated heterocycles. The molecule has 0 rings (SSSR count). The number of nitrogens with one attached hydrogen (secondary N) is 1. The molecular weight excluding hydrogens is 180 g/mol. The van der Waals surface area contributed by atoms with Gasteiger partial charge in [-0.2, -0.15) is 0 Å². The molecule has 0 aromatic heterocycles. The monoisotopic (exact) mass is 202 g/mol. The first kappa shape index (κ1) is 13.4. The Labute approximate surface area is 85.9 Å². The highest BCUT2D eigenvalue weighted by Crippen LogP contribution is 2.11.